The Morgan fingerprint density at radius 3 is 2.67 bits per heavy atom. The van der Waals surface area contributed by atoms with E-state index in [0.29, 0.717) is 5.56 Å². The van der Waals surface area contributed by atoms with E-state index in [2.05, 4.69) is 17.4 Å². The number of nitro groups is 1. The van der Waals surface area contributed by atoms with Crippen molar-refractivity contribution in [2.75, 3.05) is 7.11 Å². The molecule has 0 saturated carbocycles. The molecule has 1 rings (SSSR count). The first kappa shape index (κ1) is 13.3. The highest BCUT2D eigenvalue weighted by Crippen LogP contribution is 2.29. The summed E-state index contributed by atoms with van der Waals surface area (Å²) in [6, 6.07) is 3.48. The van der Waals surface area contributed by atoms with Gasteiger partial charge < -0.3 is 10.5 Å². The van der Waals surface area contributed by atoms with Gasteiger partial charge in [-0.15, -0.1) is 0 Å². The summed E-state index contributed by atoms with van der Waals surface area (Å²) in [6.07, 6.45) is 0. The molecule has 0 radical (unpaired) electrons. The Morgan fingerprint density at radius 2 is 2.17 bits per heavy atom. The van der Waals surface area contributed by atoms with Crippen LogP contribution >= 0.6 is 0 Å². The lowest BCUT2D eigenvalue weighted by atomic mass is 10.1. The summed E-state index contributed by atoms with van der Waals surface area (Å²) in [5.74, 6) is 0.138. The Morgan fingerprint density at radius 1 is 1.50 bits per heavy atom. The number of primary amides is 1. The maximum Gasteiger partial charge on any atom is 0.330 e. The van der Waals surface area contributed by atoms with Crippen molar-refractivity contribution in [1.29, 1.82) is 0 Å². The largest absolute Gasteiger partial charge is 0.490 e. The van der Waals surface area contributed by atoms with Crippen LogP contribution in [0.3, 0.4) is 0 Å². The molecule has 0 aliphatic heterocycles. The van der Waals surface area contributed by atoms with Gasteiger partial charge in [0.1, 0.15) is 0 Å². The highest BCUT2D eigenvalue weighted by atomic mass is 16.6. The molecule has 0 heterocycles. The number of nitrogens with two attached hydrogens (primary N) is 1. The molecule has 0 aliphatic carbocycles. The zero-order valence-corrected chi connectivity index (χ0v) is 9.60. The molecule has 0 aliphatic rings. The van der Waals surface area contributed by atoms with Crippen LogP contribution in [0.1, 0.15) is 5.56 Å². The third kappa shape index (κ3) is 3.11. The van der Waals surface area contributed by atoms with Crippen molar-refractivity contribution in [2.24, 2.45) is 5.73 Å². The number of benzene rings is 1. The second kappa shape index (κ2) is 5.53. The van der Waals surface area contributed by atoms with Gasteiger partial charge in [0.15, 0.2) is 5.75 Å². The molecule has 0 bridgehead atoms. The fraction of sp³-hybridized carbons (Fsp3) is 0.100. The van der Waals surface area contributed by atoms with E-state index in [-0.39, 0.29) is 17.1 Å². The lowest BCUT2D eigenvalue weighted by molar-refractivity contribution is -0.385. The lowest BCUT2D eigenvalue weighted by Gasteiger charge is -2.10. The van der Waals surface area contributed by atoms with Gasteiger partial charge in [-0.05, 0) is 12.1 Å². The van der Waals surface area contributed by atoms with Gasteiger partial charge in [0.2, 0.25) is 0 Å². The van der Waals surface area contributed by atoms with Crippen LogP contribution in [0.4, 0.5) is 10.5 Å². The van der Waals surface area contributed by atoms with E-state index in [9.17, 15) is 14.9 Å². The predicted octanol–water partition coefficient (Wildman–Crippen LogP) is 0.747. The lowest BCUT2D eigenvalue weighted by Crippen LogP contribution is -2.39. The summed E-state index contributed by atoms with van der Waals surface area (Å²) in [4.78, 5) is 20.7. The topological polar surface area (TPSA) is 120 Å². The molecule has 1 aromatic carbocycles. The van der Waals surface area contributed by atoms with Gasteiger partial charge in [-0.3, -0.25) is 21.0 Å². The quantitative estimate of drug-likeness (QED) is 0.527. The number of hydrazine groups is 1. The first-order chi connectivity index (χ1) is 8.45. The number of amides is 2. The Labute approximate surface area is 103 Å². The number of nitro benzene ring substituents is 1. The van der Waals surface area contributed by atoms with Crippen molar-refractivity contribution >= 4 is 17.4 Å². The van der Waals surface area contributed by atoms with Gasteiger partial charge in [0.05, 0.1) is 17.7 Å². The van der Waals surface area contributed by atoms with Gasteiger partial charge >= 0.3 is 11.7 Å². The second-order valence-electron chi connectivity index (χ2n) is 3.24. The number of carbonyl (C=O) groups is 1. The molecule has 0 fully saturated rings. The maximum absolute atomic E-state index is 10.8. The average molecular weight is 252 g/mol. The van der Waals surface area contributed by atoms with Crippen LogP contribution in [0.25, 0.3) is 5.70 Å². The Hall–Kier alpha value is -2.77. The van der Waals surface area contributed by atoms with Crippen molar-refractivity contribution in [3.8, 4) is 5.75 Å². The first-order valence-corrected chi connectivity index (χ1v) is 4.79. The van der Waals surface area contributed by atoms with Crippen LogP contribution in [0.2, 0.25) is 0 Å². The summed E-state index contributed by atoms with van der Waals surface area (Å²) in [5, 5.41) is 10.8. The number of nitrogens with zero attached hydrogens (tertiary/aromatic N) is 1. The third-order valence-electron chi connectivity index (χ3n) is 2.06. The van der Waals surface area contributed by atoms with Crippen LogP contribution in [0.5, 0.6) is 5.75 Å². The zero-order chi connectivity index (χ0) is 13.7. The maximum atomic E-state index is 10.8. The number of ether oxygens (including phenoxy) is 1. The molecule has 2 amide bonds. The third-order valence-corrected chi connectivity index (χ3v) is 2.06. The predicted molar refractivity (Wildman–Crippen MR) is 64.5 cm³/mol. The molecule has 1 aromatic rings. The van der Waals surface area contributed by atoms with Crippen LogP contribution in [-0.4, -0.2) is 18.1 Å². The van der Waals surface area contributed by atoms with E-state index in [4.69, 9.17) is 10.5 Å². The molecular weight excluding hydrogens is 240 g/mol. The van der Waals surface area contributed by atoms with Crippen LogP contribution in [-0.2, 0) is 0 Å². The fourth-order valence-corrected chi connectivity index (χ4v) is 1.23. The van der Waals surface area contributed by atoms with E-state index in [1.807, 2.05) is 0 Å². The molecule has 0 atom stereocenters. The molecule has 0 aromatic heterocycles. The Bertz CT molecular complexity index is 501. The summed E-state index contributed by atoms with van der Waals surface area (Å²) >= 11 is 0. The average Bonchev–Trinajstić information content (AvgIpc) is 2.34. The molecule has 18 heavy (non-hydrogen) atoms. The standard InChI is InChI=1S/C10H12N4O4/c1-6(12-13-10(11)15)7-3-4-9(18-2)8(5-7)14(16)17/h3-5,12H,1H2,2H3,(H3,11,13,15). The van der Waals surface area contributed by atoms with Crippen LogP contribution in [0.15, 0.2) is 24.8 Å². The van der Waals surface area contributed by atoms with Gasteiger partial charge in [0.25, 0.3) is 0 Å². The van der Waals surface area contributed by atoms with Gasteiger partial charge in [-0.1, -0.05) is 6.58 Å². The molecule has 8 nitrogen and oxygen atoms in total. The van der Waals surface area contributed by atoms with Crippen molar-refractivity contribution in [3.05, 3.63) is 40.5 Å². The van der Waals surface area contributed by atoms with Crippen molar-refractivity contribution < 1.29 is 14.5 Å². The van der Waals surface area contributed by atoms with E-state index in [0.717, 1.165) is 0 Å². The summed E-state index contributed by atoms with van der Waals surface area (Å²) < 4.78 is 4.86. The second-order valence-corrected chi connectivity index (χ2v) is 3.24. The summed E-state index contributed by atoms with van der Waals surface area (Å²) in [5.41, 5.74) is 9.88. The minimum absolute atomic E-state index is 0.138. The molecular formula is C10H12N4O4. The molecule has 0 saturated heterocycles. The number of carbonyl (C=O) groups excluding carboxylic acids is 1. The Kier molecular flexibility index (Phi) is 4.08. The van der Waals surface area contributed by atoms with E-state index >= 15 is 0 Å². The normalized spacial score (nSPS) is 9.39. The number of nitrogens with one attached hydrogen (secondary N) is 2. The molecule has 0 unspecified atom stereocenters. The molecule has 8 heteroatoms. The monoisotopic (exact) mass is 252 g/mol. The minimum atomic E-state index is -0.792. The number of hydrogen-bond donors (Lipinski definition) is 3. The highest BCUT2D eigenvalue weighted by molar-refractivity contribution is 5.74. The van der Waals surface area contributed by atoms with E-state index < -0.39 is 11.0 Å². The minimum Gasteiger partial charge on any atom is -0.490 e. The van der Waals surface area contributed by atoms with E-state index in [1.165, 1.54) is 19.2 Å². The van der Waals surface area contributed by atoms with Crippen molar-refractivity contribution in [3.63, 3.8) is 0 Å². The first-order valence-electron chi connectivity index (χ1n) is 4.79. The number of methoxy groups -OCH3 is 1. The highest BCUT2D eigenvalue weighted by Gasteiger charge is 2.16. The number of rotatable bonds is 5. The fourth-order valence-electron chi connectivity index (χ4n) is 1.23. The zero-order valence-electron chi connectivity index (χ0n) is 9.60. The SMILES string of the molecule is C=C(NNC(N)=O)c1ccc(OC)c([N+](=O)[O-])c1. The summed E-state index contributed by atoms with van der Waals surface area (Å²) in [6.45, 7) is 3.61. The van der Waals surface area contributed by atoms with Crippen molar-refractivity contribution in [1.82, 2.24) is 10.9 Å². The number of urea groups is 1. The van der Waals surface area contributed by atoms with Crippen molar-refractivity contribution in [2.45, 2.75) is 0 Å². The summed E-state index contributed by atoms with van der Waals surface area (Å²) in [7, 11) is 1.34. The molecule has 4 N–H and O–H groups in total. The van der Waals surface area contributed by atoms with Gasteiger partial charge in [-0.2, -0.15) is 0 Å². The van der Waals surface area contributed by atoms with Crippen LogP contribution < -0.4 is 21.3 Å². The van der Waals surface area contributed by atoms with Gasteiger partial charge in [0, 0.05) is 11.6 Å². The Balaban J connectivity index is 2.97. The smallest absolute Gasteiger partial charge is 0.330 e. The number of hydrogen-bond acceptors (Lipinski definition) is 5. The molecule has 96 valence electrons. The van der Waals surface area contributed by atoms with Crippen LogP contribution in [0, 0.1) is 10.1 Å². The molecule has 0 spiro atoms. The van der Waals surface area contributed by atoms with E-state index in [1.54, 1.807) is 6.07 Å². The van der Waals surface area contributed by atoms with Gasteiger partial charge in [-0.25, -0.2) is 4.79 Å².